The highest BCUT2D eigenvalue weighted by Crippen LogP contribution is 2.11. The van der Waals surface area contributed by atoms with Crippen molar-refractivity contribution >= 4 is 11.8 Å². The van der Waals surface area contributed by atoms with Gasteiger partial charge in [-0.2, -0.15) is 0 Å². The van der Waals surface area contributed by atoms with E-state index in [9.17, 15) is 19.1 Å². The number of oxazole rings is 1. The molecule has 1 aromatic carbocycles. The van der Waals surface area contributed by atoms with Gasteiger partial charge in [0.1, 0.15) is 12.1 Å². The molecule has 1 aromatic heterocycles. The molecular formula is C16H14FNO5. The zero-order valence-corrected chi connectivity index (χ0v) is 12.3. The van der Waals surface area contributed by atoms with Gasteiger partial charge in [-0.3, -0.25) is 4.79 Å². The Kier molecular flexibility index (Phi) is 5.24. The van der Waals surface area contributed by atoms with E-state index in [-0.39, 0.29) is 18.3 Å². The predicted molar refractivity (Wildman–Crippen MR) is 77.4 cm³/mol. The van der Waals surface area contributed by atoms with Crippen LogP contribution in [0.2, 0.25) is 0 Å². The summed E-state index contributed by atoms with van der Waals surface area (Å²) in [5.74, 6) is -3.20. The number of aliphatic hydroxyl groups excluding tert-OH is 1. The van der Waals surface area contributed by atoms with Gasteiger partial charge in [-0.05, 0) is 24.6 Å². The number of halogens is 1. The maximum atomic E-state index is 12.8. The zero-order chi connectivity index (χ0) is 16.8. The molecule has 0 radical (unpaired) electrons. The molecule has 0 unspecified atom stereocenters. The number of ether oxygens (including phenoxy) is 1. The molecule has 1 heterocycles. The number of allylic oxidation sites excluding steroid dienone is 1. The second kappa shape index (κ2) is 7.35. The average Bonchev–Trinajstić information content (AvgIpc) is 2.98. The largest absolute Gasteiger partial charge is 0.502 e. The lowest BCUT2D eigenvalue weighted by atomic mass is 10.1. The maximum absolute atomic E-state index is 12.8. The van der Waals surface area contributed by atoms with E-state index < -0.39 is 17.5 Å². The Morgan fingerprint density at radius 2 is 2.04 bits per heavy atom. The predicted octanol–water partition coefficient (Wildman–Crippen LogP) is 2.59. The van der Waals surface area contributed by atoms with E-state index in [0.717, 1.165) is 5.56 Å². The van der Waals surface area contributed by atoms with Crippen molar-refractivity contribution in [2.75, 3.05) is 6.61 Å². The van der Waals surface area contributed by atoms with Crippen LogP contribution in [0.25, 0.3) is 0 Å². The van der Waals surface area contributed by atoms with Crippen LogP contribution in [0, 0.1) is 5.82 Å². The quantitative estimate of drug-likeness (QED) is 0.381. The highest BCUT2D eigenvalue weighted by molar-refractivity contribution is 6.05. The lowest BCUT2D eigenvalue weighted by Gasteiger charge is -1.98. The minimum Gasteiger partial charge on any atom is -0.502 e. The Morgan fingerprint density at radius 1 is 1.35 bits per heavy atom. The van der Waals surface area contributed by atoms with Gasteiger partial charge < -0.3 is 14.3 Å². The van der Waals surface area contributed by atoms with Crippen LogP contribution in [0.1, 0.15) is 28.9 Å². The molecule has 0 aliphatic carbocycles. The number of nitrogens with zero attached hydrogens (tertiary/aromatic N) is 1. The number of aromatic nitrogens is 1. The summed E-state index contributed by atoms with van der Waals surface area (Å²) in [6.07, 6.45) is 2.32. The van der Waals surface area contributed by atoms with Gasteiger partial charge in [0.15, 0.2) is 0 Å². The average molecular weight is 319 g/mol. The topological polar surface area (TPSA) is 89.6 Å². The number of esters is 1. The zero-order valence-electron chi connectivity index (χ0n) is 12.3. The molecule has 2 aromatic rings. The summed E-state index contributed by atoms with van der Waals surface area (Å²) in [5, 5.41) is 9.41. The third-order valence-electron chi connectivity index (χ3n) is 2.81. The van der Waals surface area contributed by atoms with Gasteiger partial charge in [-0.15, -0.1) is 0 Å². The minimum absolute atomic E-state index is 0.0751. The second-order valence-electron chi connectivity index (χ2n) is 4.56. The number of hydrogen-bond acceptors (Lipinski definition) is 6. The van der Waals surface area contributed by atoms with E-state index in [0.29, 0.717) is 18.2 Å². The number of hydrogen-bond donors (Lipinski definition) is 1. The SMILES string of the molecule is CCOC(=O)/C(O)=C/C(=O)c1nc(Cc2ccc(F)cc2)co1. The molecule has 0 aliphatic heterocycles. The Balaban J connectivity index is 2.06. The molecule has 2 rings (SSSR count). The summed E-state index contributed by atoms with van der Waals surface area (Å²) < 4.78 is 22.4. The third-order valence-corrected chi connectivity index (χ3v) is 2.81. The van der Waals surface area contributed by atoms with E-state index in [1.54, 1.807) is 19.1 Å². The third kappa shape index (κ3) is 4.50. The molecule has 1 N–H and O–H groups in total. The molecule has 0 fully saturated rings. The molecular weight excluding hydrogens is 305 g/mol. The first kappa shape index (κ1) is 16.4. The molecule has 0 saturated heterocycles. The van der Waals surface area contributed by atoms with Crippen LogP contribution in [0.15, 0.2) is 46.8 Å². The fourth-order valence-electron chi connectivity index (χ4n) is 1.76. The first-order valence-corrected chi connectivity index (χ1v) is 6.80. The van der Waals surface area contributed by atoms with Crippen molar-refractivity contribution in [3.05, 3.63) is 65.3 Å². The minimum atomic E-state index is -1.00. The molecule has 120 valence electrons. The Morgan fingerprint density at radius 3 is 2.70 bits per heavy atom. The Bertz CT molecular complexity index is 733. The molecule has 0 amide bonds. The summed E-state index contributed by atoms with van der Waals surface area (Å²) in [6, 6.07) is 5.83. The summed E-state index contributed by atoms with van der Waals surface area (Å²) in [4.78, 5) is 27.0. The molecule has 0 aliphatic rings. The van der Waals surface area contributed by atoms with Gasteiger partial charge in [0.25, 0.3) is 5.89 Å². The summed E-state index contributed by atoms with van der Waals surface area (Å²) in [7, 11) is 0. The summed E-state index contributed by atoms with van der Waals surface area (Å²) >= 11 is 0. The number of carbonyl (C=O) groups is 2. The van der Waals surface area contributed by atoms with Gasteiger partial charge in [0.05, 0.1) is 12.3 Å². The first-order valence-electron chi connectivity index (χ1n) is 6.80. The first-order chi connectivity index (χ1) is 11.0. The molecule has 0 saturated carbocycles. The fraction of sp³-hybridized carbons (Fsp3) is 0.188. The van der Waals surface area contributed by atoms with Crippen LogP contribution in [0.5, 0.6) is 0 Å². The van der Waals surface area contributed by atoms with Crippen molar-refractivity contribution in [3.63, 3.8) is 0 Å². The van der Waals surface area contributed by atoms with Gasteiger partial charge in [0, 0.05) is 12.5 Å². The van der Waals surface area contributed by atoms with E-state index >= 15 is 0 Å². The van der Waals surface area contributed by atoms with E-state index in [4.69, 9.17) is 4.42 Å². The van der Waals surface area contributed by atoms with Gasteiger partial charge in [0.2, 0.25) is 11.5 Å². The highest BCUT2D eigenvalue weighted by atomic mass is 19.1. The van der Waals surface area contributed by atoms with Crippen molar-refractivity contribution in [1.29, 1.82) is 0 Å². The van der Waals surface area contributed by atoms with Crippen molar-refractivity contribution in [2.45, 2.75) is 13.3 Å². The van der Waals surface area contributed by atoms with Crippen LogP contribution in [0.3, 0.4) is 0 Å². The van der Waals surface area contributed by atoms with Gasteiger partial charge in [-0.1, -0.05) is 12.1 Å². The standard InChI is InChI=1S/C16H14FNO5/c1-2-22-16(21)14(20)8-13(19)15-18-12(9-23-15)7-10-3-5-11(17)6-4-10/h3-6,8-9,20H,2,7H2,1H3/b14-8-. The second-order valence-corrected chi connectivity index (χ2v) is 4.56. The monoisotopic (exact) mass is 319 g/mol. The fourth-order valence-corrected chi connectivity index (χ4v) is 1.76. The van der Waals surface area contributed by atoms with Crippen molar-refractivity contribution in [1.82, 2.24) is 4.98 Å². The van der Waals surface area contributed by atoms with Crippen LogP contribution < -0.4 is 0 Å². The number of benzene rings is 1. The number of ketones is 1. The number of aliphatic hydroxyl groups is 1. The molecule has 0 spiro atoms. The Labute approximate surface area is 131 Å². The lowest BCUT2D eigenvalue weighted by molar-refractivity contribution is -0.141. The molecule has 0 bridgehead atoms. The van der Waals surface area contributed by atoms with Crippen molar-refractivity contribution < 1.29 is 28.2 Å². The number of rotatable bonds is 6. The van der Waals surface area contributed by atoms with E-state index in [1.807, 2.05) is 0 Å². The van der Waals surface area contributed by atoms with Crippen molar-refractivity contribution in [2.24, 2.45) is 0 Å². The Hall–Kier alpha value is -2.96. The molecule has 23 heavy (non-hydrogen) atoms. The molecule has 0 atom stereocenters. The van der Waals surface area contributed by atoms with Crippen LogP contribution in [-0.2, 0) is 16.0 Å². The summed E-state index contributed by atoms with van der Waals surface area (Å²) in [6.45, 7) is 1.65. The van der Waals surface area contributed by atoms with E-state index in [1.165, 1.54) is 18.4 Å². The van der Waals surface area contributed by atoms with Gasteiger partial charge in [-0.25, -0.2) is 14.2 Å². The maximum Gasteiger partial charge on any atom is 0.373 e. The van der Waals surface area contributed by atoms with Crippen LogP contribution >= 0.6 is 0 Å². The highest BCUT2D eigenvalue weighted by Gasteiger charge is 2.16. The smallest absolute Gasteiger partial charge is 0.373 e. The van der Waals surface area contributed by atoms with Gasteiger partial charge >= 0.3 is 5.97 Å². The lowest BCUT2D eigenvalue weighted by Crippen LogP contribution is -2.09. The van der Waals surface area contributed by atoms with Crippen LogP contribution in [0.4, 0.5) is 4.39 Å². The summed E-state index contributed by atoms with van der Waals surface area (Å²) in [5.41, 5.74) is 1.26. The number of carbonyl (C=O) groups excluding carboxylic acids is 2. The molecule has 7 heteroatoms. The van der Waals surface area contributed by atoms with E-state index in [2.05, 4.69) is 9.72 Å². The normalized spacial score (nSPS) is 11.3. The molecule has 6 nitrogen and oxygen atoms in total. The van der Waals surface area contributed by atoms with Crippen LogP contribution in [-0.4, -0.2) is 28.4 Å². The van der Waals surface area contributed by atoms with Crippen molar-refractivity contribution in [3.8, 4) is 0 Å².